The molecule has 1 amide bonds. The van der Waals surface area contributed by atoms with Crippen molar-refractivity contribution in [2.24, 2.45) is 0 Å². The first-order chi connectivity index (χ1) is 10.6. The topological polar surface area (TPSA) is 37.4 Å². The fourth-order valence-corrected chi connectivity index (χ4v) is 3.00. The first-order valence-corrected chi connectivity index (χ1v) is 7.58. The van der Waals surface area contributed by atoms with Crippen LogP contribution >= 0.6 is 0 Å². The van der Waals surface area contributed by atoms with Gasteiger partial charge in [-0.3, -0.25) is 9.59 Å². The third-order valence-electron chi connectivity index (χ3n) is 4.20. The summed E-state index contributed by atoms with van der Waals surface area (Å²) in [7, 11) is 0. The largest absolute Gasteiger partial charge is 0.312 e. The molecule has 0 aromatic heterocycles. The third-order valence-corrected chi connectivity index (χ3v) is 4.20. The number of benzene rings is 2. The summed E-state index contributed by atoms with van der Waals surface area (Å²) >= 11 is 0. The number of aryl methyl sites for hydroxylation is 1. The minimum absolute atomic E-state index is 0.0779. The van der Waals surface area contributed by atoms with Gasteiger partial charge in [-0.15, -0.1) is 0 Å². The average molecular weight is 293 g/mol. The molecular weight excluding hydrogens is 274 g/mol. The van der Waals surface area contributed by atoms with Gasteiger partial charge in [-0.1, -0.05) is 30.3 Å². The lowest BCUT2D eigenvalue weighted by molar-refractivity contribution is -0.116. The van der Waals surface area contributed by atoms with Gasteiger partial charge in [0, 0.05) is 24.7 Å². The van der Waals surface area contributed by atoms with Crippen molar-refractivity contribution in [3.63, 3.8) is 0 Å². The summed E-state index contributed by atoms with van der Waals surface area (Å²) in [5, 5.41) is 0. The number of nitrogens with zero attached hydrogens (tertiary/aromatic N) is 1. The molecule has 2 aromatic carbocycles. The van der Waals surface area contributed by atoms with Crippen LogP contribution in [0.15, 0.2) is 42.5 Å². The lowest BCUT2D eigenvalue weighted by Crippen LogP contribution is -2.33. The predicted octanol–water partition coefficient (Wildman–Crippen LogP) is 3.86. The molecule has 0 N–H and O–H groups in total. The maximum Gasteiger partial charge on any atom is 0.223 e. The number of carbonyl (C=O) groups is 2. The molecular formula is C19H19NO2. The van der Waals surface area contributed by atoms with E-state index in [1.807, 2.05) is 41.3 Å². The lowest BCUT2D eigenvalue weighted by Gasteiger charge is -2.29. The molecule has 0 aliphatic carbocycles. The Hall–Kier alpha value is -2.42. The van der Waals surface area contributed by atoms with Gasteiger partial charge < -0.3 is 4.90 Å². The molecule has 3 heteroatoms. The third kappa shape index (κ3) is 2.67. The lowest BCUT2D eigenvalue weighted by atomic mass is 9.95. The van der Waals surface area contributed by atoms with Crippen molar-refractivity contribution in [1.82, 2.24) is 0 Å². The van der Waals surface area contributed by atoms with E-state index in [0.29, 0.717) is 0 Å². The smallest absolute Gasteiger partial charge is 0.223 e. The van der Waals surface area contributed by atoms with E-state index in [2.05, 4.69) is 6.07 Å². The number of amides is 1. The number of carbonyl (C=O) groups excluding carboxylic acids is 2. The number of fused-ring (bicyclic) bond motifs is 1. The molecule has 112 valence electrons. The molecule has 0 saturated carbocycles. The molecule has 0 bridgehead atoms. The molecule has 1 aliphatic rings. The van der Waals surface area contributed by atoms with Crippen LogP contribution in [0.2, 0.25) is 0 Å². The standard InChI is InChI=1S/C19H19NO2/c1-13(21)15-5-7-16(8-6-15)17-9-10-19-18(12-17)4-3-11-20(19)14(2)22/h5-10,12H,3-4,11H2,1-2H3. The summed E-state index contributed by atoms with van der Waals surface area (Å²) in [6.45, 7) is 3.99. The van der Waals surface area contributed by atoms with Gasteiger partial charge in [-0.25, -0.2) is 0 Å². The zero-order valence-electron chi connectivity index (χ0n) is 12.9. The van der Waals surface area contributed by atoms with Crippen molar-refractivity contribution in [1.29, 1.82) is 0 Å². The number of Topliss-reactive ketones (excluding diaryl/α,β-unsaturated/α-hetero) is 1. The van der Waals surface area contributed by atoms with Crippen molar-refractivity contribution in [3.05, 3.63) is 53.6 Å². The highest BCUT2D eigenvalue weighted by Crippen LogP contribution is 2.31. The Kier molecular flexibility index (Phi) is 3.80. The summed E-state index contributed by atoms with van der Waals surface area (Å²) < 4.78 is 0. The SMILES string of the molecule is CC(=O)c1ccc(-c2ccc3c(c2)CCCN3C(C)=O)cc1. The van der Waals surface area contributed by atoms with Crippen molar-refractivity contribution in [2.45, 2.75) is 26.7 Å². The molecule has 0 fully saturated rings. The van der Waals surface area contributed by atoms with Gasteiger partial charge in [0.1, 0.15) is 0 Å². The van der Waals surface area contributed by atoms with Crippen LogP contribution in [0.3, 0.4) is 0 Å². The van der Waals surface area contributed by atoms with Crippen LogP contribution in [0, 0.1) is 0 Å². The van der Waals surface area contributed by atoms with E-state index < -0.39 is 0 Å². The molecule has 0 atom stereocenters. The van der Waals surface area contributed by atoms with Crippen LogP contribution in [-0.4, -0.2) is 18.2 Å². The Morgan fingerprint density at radius 2 is 1.64 bits per heavy atom. The van der Waals surface area contributed by atoms with E-state index in [4.69, 9.17) is 0 Å². The minimum atomic E-state index is 0.0779. The van der Waals surface area contributed by atoms with E-state index in [1.54, 1.807) is 13.8 Å². The van der Waals surface area contributed by atoms with Crippen molar-refractivity contribution in [2.75, 3.05) is 11.4 Å². The Morgan fingerprint density at radius 3 is 2.27 bits per heavy atom. The first-order valence-electron chi connectivity index (χ1n) is 7.58. The van der Waals surface area contributed by atoms with Crippen LogP contribution in [0.1, 0.15) is 36.2 Å². The fraction of sp³-hybridized carbons (Fsp3) is 0.263. The summed E-state index contributed by atoms with van der Waals surface area (Å²) in [5.41, 5.74) is 5.19. The molecule has 2 aromatic rings. The van der Waals surface area contributed by atoms with E-state index in [-0.39, 0.29) is 11.7 Å². The molecule has 1 heterocycles. The van der Waals surface area contributed by atoms with Gasteiger partial charge in [0.05, 0.1) is 0 Å². The molecule has 3 rings (SSSR count). The van der Waals surface area contributed by atoms with Gasteiger partial charge in [0.25, 0.3) is 0 Å². The molecule has 22 heavy (non-hydrogen) atoms. The van der Waals surface area contributed by atoms with Crippen LogP contribution in [-0.2, 0) is 11.2 Å². The molecule has 0 unspecified atom stereocenters. The maximum atomic E-state index is 11.7. The quantitative estimate of drug-likeness (QED) is 0.789. The zero-order chi connectivity index (χ0) is 15.7. The van der Waals surface area contributed by atoms with Gasteiger partial charge >= 0.3 is 0 Å². The van der Waals surface area contributed by atoms with Crippen LogP contribution in [0.25, 0.3) is 11.1 Å². The summed E-state index contributed by atoms with van der Waals surface area (Å²) in [4.78, 5) is 24.9. The number of hydrogen-bond donors (Lipinski definition) is 0. The second-order valence-electron chi connectivity index (χ2n) is 5.75. The minimum Gasteiger partial charge on any atom is -0.312 e. The van der Waals surface area contributed by atoms with E-state index in [9.17, 15) is 9.59 Å². The molecule has 3 nitrogen and oxygen atoms in total. The molecule has 0 spiro atoms. The molecule has 0 saturated heterocycles. The molecule has 1 aliphatic heterocycles. The van der Waals surface area contributed by atoms with Crippen molar-refractivity contribution in [3.8, 4) is 11.1 Å². The highest BCUT2D eigenvalue weighted by atomic mass is 16.2. The molecule has 0 radical (unpaired) electrons. The second kappa shape index (κ2) is 5.76. The van der Waals surface area contributed by atoms with Gasteiger partial charge in [0.15, 0.2) is 5.78 Å². The number of hydrogen-bond acceptors (Lipinski definition) is 2. The van der Waals surface area contributed by atoms with E-state index in [1.165, 1.54) is 5.56 Å². The van der Waals surface area contributed by atoms with Crippen LogP contribution in [0.4, 0.5) is 5.69 Å². The van der Waals surface area contributed by atoms with E-state index >= 15 is 0 Å². The maximum absolute atomic E-state index is 11.7. The predicted molar refractivity (Wildman–Crippen MR) is 88.2 cm³/mol. The summed E-state index contributed by atoms with van der Waals surface area (Å²) in [5.74, 6) is 0.175. The number of ketones is 1. The Balaban J connectivity index is 1.96. The zero-order valence-corrected chi connectivity index (χ0v) is 12.9. The van der Waals surface area contributed by atoms with Crippen molar-refractivity contribution >= 4 is 17.4 Å². The van der Waals surface area contributed by atoms with Crippen molar-refractivity contribution < 1.29 is 9.59 Å². The van der Waals surface area contributed by atoms with E-state index in [0.717, 1.165) is 41.8 Å². The fourth-order valence-electron chi connectivity index (χ4n) is 3.00. The Labute approximate surface area is 130 Å². The van der Waals surface area contributed by atoms with Gasteiger partial charge in [0.2, 0.25) is 5.91 Å². The summed E-state index contributed by atoms with van der Waals surface area (Å²) in [6.07, 6.45) is 2.00. The van der Waals surface area contributed by atoms with Gasteiger partial charge in [-0.2, -0.15) is 0 Å². The normalized spacial score (nSPS) is 13.6. The first kappa shape index (κ1) is 14.5. The highest BCUT2D eigenvalue weighted by Gasteiger charge is 2.20. The van der Waals surface area contributed by atoms with Gasteiger partial charge in [-0.05, 0) is 48.6 Å². The van der Waals surface area contributed by atoms with Crippen LogP contribution < -0.4 is 4.90 Å². The number of anilines is 1. The average Bonchev–Trinajstić information content (AvgIpc) is 2.53. The monoisotopic (exact) mass is 293 g/mol. The number of rotatable bonds is 2. The Morgan fingerprint density at radius 1 is 0.955 bits per heavy atom. The highest BCUT2D eigenvalue weighted by molar-refractivity contribution is 5.95. The second-order valence-corrected chi connectivity index (χ2v) is 5.75. The Bertz CT molecular complexity index is 732. The van der Waals surface area contributed by atoms with Crippen LogP contribution in [0.5, 0.6) is 0 Å². The summed E-state index contributed by atoms with van der Waals surface area (Å²) in [6, 6.07) is 13.9.